The summed E-state index contributed by atoms with van der Waals surface area (Å²) in [5.41, 5.74) is 1.59. The molecule has 0 amide bonds. The molecule has 2 aromatic carbocycles. The minimum atomic E-state index is -3.79. The van der Waals surface area contributed by atoms with Gasteiger partial charge in [0.15, 0.2) is 0 Å². The second kappa shape index (κ2) is 7.01. The Bertz CT molecular complexity index is 1010. The average Bonchev–Trinajstić information content (AvgIpc) is 2.84. The van der Waals surface area contributed by atoms with Gasteiger partial charge in [-0.2, -0.15) is 8.42 Å². The van der Waals surface area contributed by atoms with Crippen molar-refractivity contribution >= 4 is 38.1 Å². The molecule has 0 fully saturated rings. The number of nitrogens with one attached hydrogen (secondary N) is 1. The number of amidine groups is 1. The van der Waals surface area contributed by atoms with Crippen LogP contribution in [0.15, 0.2) is 52.4 Å². The molecule has 0 bridgehead atoms. The van der Waals surface area contributed by atoms with Crippen LogP contribution in [0.4, 0.5) is 5.69 Å². The minimum Gasteiger partial charge on any atom is -0.495 e. The van der Waals surface area contributed by atoms with E-state index in [9.17, 15) is 8.42 Å². The molecule has 0 aromatic heterocycles. The molecule has 1 N–H and O–H groups in total. The van der Waals surface area contributed by atoms with E-state index < -0.39 is 10.0 Å². The third-order valence-corrected chi connectivity index (χ3v) is 5.70. The smallest absolute Gasteiger partial charge is 0.285 e. The summed E-state index contributed by atoms with van der Waals surface area (Å²) in [6, 6.07) is 12.1. The van der Waals surface area contributed by atoms with Crippen molar-refractivity contribution in [1.82, 2.24) is 0 Å². The minimum absolute atomic E-state index is 0.180. The van der Waals surface area contributed by atoms with Gasteiger partial charge in [0.1, 0.15) is 22.2 Å². The van der Waals surface area contributed by atoms with E-state index in [4.69, 9.17) is 21.1 Å². The standard InChI is InChI=1S/C18H17ClN2O4S/c1-11-17(12-7-5-4-6-8-12)26(22,23)21-18(11)20-14-9-13(19)15(24-2)10-16(14)25-3/h4-10H,1-3H3,(H,20,21). The first-order valence-corrected chi connectivity index (χ1v) is 9.49. The van der Waals surface area contributed by atoms with Gasteiger partial charge in [0, 0.05) is 11.6 Å². The summed E-state index contributed by atoms with van der Waals surface area (Å²) in [7, 11) is -0.795. The zero-order valence-electron chi connectivity index (χ0n) is 14.4. The highest BCUT2D eigenvalue weighted by molar-refractivity contribution is 8.00. The summed E-state index contributed by atoms with van der Waals surface area (Å²) in [5, 5.41) is 3.37. The number of sulfonamides is 1. The molecule has 3 rings (SSSR count). The molecule has 0 saturated heterocycles. The Kier molecular flexibility index (Phi) is 4.93. The quantitative estimate of drug-likeness (QED) is 0.852. The third-order valence-electron chi connectivity index (χ3n) is 3.93. The predicted octanol–water partition coefficient (Wildman–Crippen LogP) is 3.94. The van der Waals surface area contributed by atoms with Crippen molar-refractivity contribution in [2.75, 3.05) is 19.5 Å². The molecule has 136 valence electrons. The number of nitrogens with zero attached hydrogens (tertiary/aromatic N) is 1. The van der Waals surface area contributed by atoms with Crippen molar-refractivity contribution in [2.24, 2.45) is 4.40 Å². The molecule has 8 heteroatoms. The molecule has 6 nitrogen and oxygen atoms in total. The number of halogens is 1. The van der Waals surface area contributed by atoms with Gasteiger partial charge in [-0.1, -0.05) is 41.9 Å². The van der Waals surface area contributed by atoms with Gasteiger partial charge in [-0.25, -0.2) is 0 Å². The lowest BCUT2D eigenvalue weighted by Crippen LogP contribution is -2.12. The van der Waals surface area contributed by atoms with Crippen LogP contribution < -0.4 is 14.8 Å². The molecule has 0 spiro atoms. The van der Waals surface area contributed by atoms with E-state index in [2.05, 4.69) is 9.71 Å². The topological polar surface area (TPSA) is 77.0 Å². The van der Waals surface area contributed by atoms with Gasteiger partial charge >= 0.3 is 0 Å². The predicted molar refractivity (Wildman–Crippen MR) is 104 cm³/mol. The number of hydrogen-bond donors (Lipinski definition) is 1. The molecule has 2 aromatic rings. The van der Waals surface area contributed by atoms with Gasteiger partial charge in [-0.15, -0.1) is 4.40 Å². The Morgan fingerprint density at radius 3 is 2.31 bits per heavy atom. The molecule has 26 heavy (non-hydrogen) atoms. The van der Waals surface area contributed by atoms with E-state index >= 15 is 0 Å². The normalized spacial score (nSPS) is 15.6. The Balaban J connectivity index is 2.04. The van der Waals surface area contributed by atoms with E-state index in [1.165, 1.54) is 14.2 Å². The van der Waals surface area contributed by atoms with Crippen molar-refractivity contribution in [3.05, 3.63) is 58.6 Å². The van der Waals surface area contributed by atoms with Crippen molar-refractivity contribution in [3.63, 3.8) is 0 Å². The van der Waals surface area contributed by atoms with Gasteiger partial charge in [0.25, 0.3) is 10.0 Å². The summed E-state index contributed by atoms with van der Waals surface area (Å²) in [5.74, 6) is 1.13. The molecule has 1 aliphatic heterocycles. The van der Waals surface area contributed by atoms with Gasteiger partial charge < -0.3 is 14.8 Å². The first kappa shape index (κ1) is 18.3. The first-order valence-electron chi connectivity index (χ1n) is 7.67. The highest BCUT2D eigenvalue weighted by atomic mass is 35.5. The van der Waals surface area contributed by atoms with Gasteiger partial charge in [-0.3, -0.25) is 0 Å². The van der Waals surface area contributed by atoms with Crippen molar-refractivity contribution < 1.29 is 17.9 Å². The maximum Gasteiger partial charge on any atom is 0.285 e. The summed E-state index contributed by atoms with van der Waals surface area (Å²) in [4.78, 5) is 0.180. The molecular formula is C18H17ClN2O4S. The van der Waals surface area contributed by atoms with Crippen LogP contribution in [0.5, 0.6) is 11.5 Å². The third kappa shape index (κ3) is 3.27. The van der Waals surface area contributed by atoms with Crippen LogP contribution in [0.3, 0.4) is 0 Å². The van der Waals surface area contributed by atoms with Crippen molar-refractivity contribution in [2.45, 2.75) is 6.92 Å². The molecule has 0 unspecified atom stereocenters. The van der Waals surface area contributed by atoms with Crippen LogP contribution >= 0.6 is 11.6 Å². The maximum atomic E-state index is 12.5. The summed E-state index contributed by atoms with van der Waals surface area (Å²) >= 11 is 6.17. The second-order valence-corrected chi connectivity index (χ2v) is 7.50. The lowest BCUT2D eigenvalue weighted by Gasteiger charge is -2.14. The molecule has 0 radical (unpaired) electrons. The SMILES string of the molecule is COc1cc(OC)c(NC2=NS(=O)(=O)C(c3ccccc3)=C2C)cc1Cl. The summed E-state index contributed by atoms with van der Waals surface area (Å²) < 4.78 is 39.4. The van der Waals surface area contributed by atoms with Crippen LogP contribution in [0.25, 0.3) is 4.91 Å². The first-order chi connectivity index (χ1) is 12.4. The number of hydrogen-bond acceptors (Lipinski definition) is 5. The fourth-order valence-electron chi connectivity index (χ4n) is 2.69. The number of benzene rings is 2. The largest absolute Gasteiger partial charge is 0.495 e. The monoisotopic (exact) mass is 392 g/mol. The van der Waals surface area contributed by atoms with Crippen LogP contribution in [0.2, 0.25) is 5.02 Å². The number of methoxy groups -OCH3 is 2. The van der Waals surface area contributed by atoms with Crippen molar-refractivity contribution in [3.8, 4) is 11.5 Å². The molecular weight excluding hydrogens is 376 g/mol. The van der Waals surface area contributed by atoms with Crippen molar-refractivity contribution in [1.29, 1.82) is 0 Å². The number of ether oxygens (including phenoxy) is 2. The van der Waals surface area contributed by atoms with E-state index in [1.54, 1.807) is 43.3 Å². The van der Waals surface area contributed by atoms with E-state index in [1.807, 2.05) is 6.07 Å². The Morgan fingerprint density at radius 1 is 1.04 bits per heavy atom. The van der Waals surface area contributed by atoms with Crippen LogP contribution in [0, 0.1) is 0 Å². The Hall–Kier alpha value is -2.51. The molecule has 0 saturated carbocycles. The van der Waals surface area contributed by atoms with Crippen LogP contribution in [-0.4, -0.2) is 28.5 Å². The van der Waals surface area contributed by atoms with Crippen LogP contribution in [-0.2, 0) is 10.0 Å². The lowest BCUT2D eigenvalue weighted by molar-refractivity contribution is 0.396. The highest BCUT2D eigenvalue weighted by Gasteiger charge is 2.31. The summed E-state index contributed by atoms with van der Waals surface area (Å²) in [6.07, 6.45) is 0. The molecule has 0 atom stereocenters. The fraction of sp³-hybridized carbons (Fsp3) is 0.167. The number of anilines is 1. The second-order valence-electron chi connectivity index (χ2n) is 5.55. The van der Waals surface area contributed by atoms with E-state index in [0.29, 0.717) is 33.3 Å². The van der Waals surface area contributed by atoms with Gasteiger partial charge in [0.05, 0.1) is 24.9 Å². The average molecular weight is 393 g/mol. The van der Waals surface area contributed by atoms with Crippen LogP contribution in [0.1, 0.15) is 12.5 Å². The van der Waals surface area contributed by atoms with Gasteiger partial charge in [-0.05, 0) is 18.6 Å². The maximum absolute atomic E-state index is 12.5. The number of rotatable bonds is 4. The Morgan fingerprint density at radius 2 is 1.69 bits per heavy atom. The molecule has 1 aliphatic rings. The molecule has 0 aliphatic carbocycles. The Labute approximate surface area is 157 Å². The van der Waals surface area contributed by atoms with Gasteiger partial charge in [0.2, 0.25) is 0 Å². The lowest BCUT2D eigenvalue weighted by atomic mass is 10.1. The van der Waals surface area contributed by atoms with E-state index in [0.717, 1.165) is 0 Å². The van der Waals surface area contributed by atoms with E-state index in [-0.39, 0.29) is 10.7 Å². The molecule has 1 heterocycles. The fourth-order valence-corrected chi connectivity index (χ4v) is 4.36. The zero-order valence-corrected chi connectivity index (χ0v) is 16.0. The highest BCUT2D eigenvalue weighted by Crippen LogP contribution is 2.38. The summed E-state index contributed by atoms with van der Waals surface area (Å²) in [6.45, 7) is 1.70. The zero-order chi connectivity index (χ0) is 18.9.